The van der Waals surface area contributed by atoms with Crippen LogP contribution in [0.2, 0.25) is 0 Å². The van der Waals surface area contributed by atoms with Crippen molar-refractivity contribution in [2.45, 2.75) is 39.2 Å². The van der Waals surface area contributed by atoms with E-state index < -0.39 is 0 Å². The molecule has 3 rings (SSSR count). The summed E-state index contributed by atoms with van der Waals surface area (Å²) in [7, 11) is 4.23. The summed E-state index contributed by atoms with van der Waals surface area (Å²) in [6.45, 7) is 8.33. The highest BCUT2D eigenvalue weighted by atomic mass is 15.1. The number of hydrogen-bond acceptors (Lipinski definition) is 2. The summed E-state index contributed by atoms with van der Waals surface area (Å²) in [6, 6.07) is 0. The summed E-state index contributed by atoms with van der Waals surface area (Å²) in [4.78, 5) is 6.58. The van der Waals surface area contributed by atoms with Crippen molar-refractivity contribution >= 4 is 0 Å². The van der Waals surface area contributed by atoms with Crippen molar-refractivity contribution in [3.63, 3.8) is 0 Å². The molecular weight excluding hydrogens is 246 g/mol. The van der Waals surface area contributed by atoms with Crippen LogP contribution in [0.25, 0.3) is 0 Å². The van der Waals surface area contributed by atoms with E-state index in [1.165, 1.54) is 17.7 Å². The van der Waals surface area contributed by atoms with Crippen LogP contribution in [-0.2, 0) is 12.0 Å². The molecule has 0 aromatic carbocycles. The van der Waals surface area contributed by atoms with Crippen molar-refractivity contribution in [1.29, 1.82) is 0 Å². The maximum atomic E-state index is 4.36. The monoisotopic (exact) mass is 273 g/mol. The van der Waals surface area contributed by atoms with Crippen LogP contribution < -0.4 is 0 Å². The minimum absolute atomic E-state index is 0.252. The lowest BCUT2D eigenvalue weighted by Gasteiger charge is -2.19. The molecule has 20 heavy (non-hydrogen) atoms. The van der Waals surface area contributed by atoms with E-state index in [-0.39, 0.29) is 5.41 Å². The zero-order chi connectivity index (χ0) is 14.8. The molecule has 0 amide bonds. The second-order valence-electron chi connectivity index (χ2n) is 5.84. The van der Waals surface area contributed by atoms with Gasteiger partial charge in [0.25, 0.3) is 0 Å². The zero-order valence-electron chi connectivity index (χ0n) is 13.4. The van der Waals surface area contributed by atoms with E-state index in [0.29, 0.717) is 5.92 Å². The Morgan fingerprint density at radius 1 is 1.40 bits per heavy atom. The van der Waals surface area contributed by atoms with Gasteiger partial charge < -0.3 is 9.47 Å². The minimum Gasteiger partial charge on any atom is -0.332 e. The molecule has 0 saturated heterocycles. The molecule has 3 heteroatoms. The lowest BCUT2D eigenvalue weighted by atomic mass is 9.92. The Kier molecular flexibility index (Phi) is 4.48. The Labute approximate surface area is 123 Å². The lowest BCUT2D eigenvalue weighted by molar-refractivity contribution is 0.379. The first-order valence-corrected chi connectivity index (χ1v) is 7.65. The normalized spacial score (nSPS) is 26.7. The molecular formula is C17H27N3. The molecule has 1 heterocycles. The van der Waals surface area contributed by atoms with Gasteiger partial charge in [-0.25, -0.2) is 4.98 Å². The van der Waals surface area contributed by atoms with Crippen molar-refractivity contribution < 1.29 is 0 Å². The van der Waals surface area contributed by atoms with E-state index >= 15 is 0 Å². The van der Waals surface area contributed by atoms with Crippen molar-refractivity contribution in [3.8, 4) is 0 Å². The molecule has 3 nitrogen and oxygen atoms in total. The summed E-state index contributed by atoms with van der Waals surface area (Å²) in [5.41, 5.74) is 3.15. The van der Waals surface area contributed by atoms with E-state index in [2.05, 4.69) is 59.9 Å². The van der Waals surface area contributed by atoms with Crippen LogP contribution in [0.5, 0.6) is 0 Å². The highest BCUT2D eigenvalue weighted by Crippen LogP contribution is 2.60. The van der Waals surface area contributed by atoms with Gasteiger partial charge in [-0.1, -0.05) is 37.6 Å². The Balaban J connectivity index is 0.000000704. The summed E-state index contributed by atoms with van der Waals surface area (Å²) < 4.78 is 2.32. The number of allylic oxidation sites excluding steroid dienone is 4. The number of rotatable bonds is 4. The number of aromatic nitrogens is 2. The van der Waals surface area contributed by atoms with Crippen LogP contribution in [0, 0.1) is 5.92 Å². The molecule has 0 radical (unpaired) electrons. The molecule has 2 atom stereocenters. The third-order valence-electron chi connectivity index (χ3n) is 4.28. The molecule has 0 bridgehead atoms. The van der Waals surface area contributed by atoms with Crippen LogP contribution >= 0.6 is 0 Å². The van der Waals surface area contributed by atoms with Crippen LogP contribution in [-0.4, -0.2) is 35.1 Å². The van der Waals surface area contributed by atoms with Crippen molar-refractivity contribution in [1.82, 2.24) is 14.5 Å². The van der Waals surface area contributed by atoms with Gasteiger partial charge in [-0.2, -0.15) is 0 Å². The number of hydrogen-bond donors (Lipinski definition) is 0. The quantitative estimate of drug-likeness (QED) is 0.839. The molecule has 2 aliphatic carbocycles. The van der Waals surface area contributed by atoms with E-state index in [1.807, 2.05) is 20.2 Å². The number of fused-ring (bicyclic) bond motifs is 1. The first-order valence-electron chi connectivity index (χ1n) is 7.65. The molecule has 1 saturated carbocycles. The molecule has 0 spiro atoms. The van der Waals surface area contributed by atoms with Gasteiger partial charge in [0.15, 0.2) is 0 Å². The predicted octanol–water partition coefficient (Wildman–Crippen LogP) is 3.24. The van der Waals surface area contributed by atoms with E-state index in [0.717, 1.165) is 13.1 Å². The highest BCUT2D eigenvalue weighted by Gasteiger charge is 2.56. The SMILES string of the molecule is CC.CC1=CC=CC2(c3cncn3CCN(C)C)CC12. The first-order chi connectivity index (χ1) is 9.63. The summed E-state index contributed by atoms with van der Waals surface area (Å²) >= 11 is 0. The number of imidazole rings is 1. The van der Waals surface area contributed by atoms with Gasteiger partial charge in [0.05, 0.1) is 6.33 Å². The second-order valence-corrected chi connectivity index (χ2v) is 5.84. The van der Waals surface area contributed by atoms with Crippen LogP contribution in [0.15, 0.2) is 36.3 Å². The molecule has 2 aliphatic rings. The zero-order valence-corrected chi connectivity index (χ0v) is 13.4. The predicted molar refractivity (Wildman–Crippen MR) is 84.8 cm³/mol. The second kappa shape index (κ2) is 5.96. The smallest absolute Gasteiger partial charge is 0.0948 e. The molecule has 1 fully saturated rings. The topological polar surface area (TPSA) is 21.1 Å². The van der Waals surface area contributed by atoms with Crippen molar-refractivity contribution in [2.24, 2.45) is 5.92 Å². The summed E-state index contributed by atoms with van der Waals surface area (Å²) in [6.07, 6.45) is 12.1. The van der Waals surface area contributed by atoms with Gasteiger partial charge in [-0.05, 0) is 33.4 Å². The molecule has 1 aromatic heterocycles. The summed E-state index contributed by atoms with van der Waals surface area (Å²) in [5.74, 6) is 0.706. The molecule has 2 unspecified atom stereocenters. The fourth-order valence-electron chi connectivity index (χ4n) is 3.08. The van der Waals surface area contributed by atoms with Gasteiger partial charge in [0.2, 0.25) is 0 Å². The van der Waals surface area contributed by atoms with Gasteiger partial charge in [0.1, 0.15) is 0 Å². The molecule has 0 aliphatic heterocycles. The summed E-state index contributed by atoms with van der Waals surface area (Å²) in [5, 5.41) is 0. The van der Waals surface area contributed by atoms with E-state index in [4.69, 9.17) is 0 Å². The number of nitrogens with zero attached hydrogens (tertiary/aromatic N) is 3. The van der Waals surface area contributed by atoms with Gasteiger partial charge in [-0.3, -0.25) is 0 Å². The van der Waals surface area contributed by atoms with Gasteiger partial charge >= 0.3 is 0 Å². The maximum absolute atomic E-state index is 4.36. The van der Waals surface area contributed by atoms with Crippen LogP contribution in [0.4, 0.5) is 0 Å². The Hall–Kier alpha value is -1.35. The van der Waals surface area contributed by atoms with Gasteiger partial charge in [0, 0.05) is 30.4 Å². The average molecular weight is 273 g/mol. The van der Waals surface area contributed by atoms with E-state index in [9.17, 15) is 0 Å². The minimum atomic E-state index is 0.252. The number of likely N-dealkylation sites (N-methyl/N-ethyl adjacent to an activating group) is 1. The molecule has 110 valence electrons. The Morgan fingerprint density at radius 2 is 2.15 bits per heavy atom. The van der Waals surface area contributed by atoms with Crippen LogP contribution in [0.1, 0.15) is 32.9 Å². The standard InChI is InChI=1S/C15H21N3.C2H6/c1-12-5-4-6-15(9-13(12)15)14-10-16-11-18(14)8-7-17(2)3;1-2/h4-6,10-11,13H,7-9H2,1-3H3;1-2H3. The van der Waals surface area contributed by atoms with Crippen molar-refractivity contribution in [2.75, 3.05) is 20.6 Å². The first kappa shape index (κ1) is 15.0. The Bertz CT molecular complexity index is 510. The maximum Gasteiger partial charge on any atom is 0.0948 e. The molecule has 0 N–H and O–H groups in total. The largest absolute Gasteiger partial charge is 0.332 e. The molecule has 1 aromatic rings. The third-order valence-corrected chi connectivity index (χ3v) is 4.28. The third kappa shape index (κ3) is 2.59. The fourth-order valence-corrected chi connectivity index (χ4v) is 3.08. The fraction of sp³-hybridized carbons (Fsp3) is 0.588. The van der Waals surface area contributed by atoms with E-state index in [1.54, 1.807) is 0 Å². The Morgan fingerprint density at radius 3 is 2.85 bits per heavy atom. The van der Waals surface area contributed by atoms with Crippen LogP contribution in [0.3, 0.4) is 0 Å². The lowest BCUT2D eigenvalue weighted by Crippen LogP contribution is -2.22. The highest BCUT2D eigenvalue weighted by molar-refractivity contribution is 5.45. The average Bonchev–Trinajstić information content (AvgIpc) is 3.02. The van der Waals surface area contributed by atoms with Gasteiger partial charge in [-0.15, -0.1) is 0 Å². The van der Waals surface area contributed by atoms with Crippen molar-refractivity contribution in [3.05, 3.63) is 42.0 Å².